The third-order valence-electron chi connectivity index (χ3n) is 5.88. The number of carboxylic acid groups (broad SMARTS) is 1. The number of amides is 2. The summed E-state index contributed by atoms with van der Waals surface area (Å²) in [7, 11) is 0. The summed E-state index contributed by atoms with van der Waals surface area (Å²) in [6, 6.07) is 1.04. The first-order valence-electron chi connectivity index (χ1n) is 11.1. The number of likely N-dealkylation sites (tertiary alicyclic amines) is 1. The lowest BCUT2D eigenvalue weighted by atomic mass is 9.87. The van der Waals surface area contributed by atoms with Gasteiger partial charge in [0.15, 0.2) is 0 Å². The number of carbonyl (C=O) groups excluding carboxylic acids is 2. The standard InChI is InChI=1S/C24H32N2O4S/c1-5-25-14-12-18(22(25)28)26(21(27)16-9-7-6-8-10-16)19-15-17(11-13-24(2,3)4)31-20(19)23(29)30/h15-16,18H,5-10,12,14H2,1-4H3,(H,29,30)/t18-/m0/s1. The Kier molecular flexibility index (Phi) is 7.10. The number of anilines is 1. The van der Waals surface area contributed by atoms with Gasteiger partial charge in [0.25, 0.3) is 0 Å². The monoisotopic (exact) mass is 444 g/mol. The van der Waals surface area contributed by atoms with Crippen LogP contribution in [-0.4, -0.2) is 46.9 Å². The summed E-state index contributed by atoms with van der Waals surface area (Å²) in [5, 5.41) is 9.88. The van der Waals surface area contributed by atoms with Crippen LogP contribution in [0.4, 0.5) is 5.69 Å². The second-order valence-corrected chi connectivity index (χ2v) is 10.4. The lowest BCUT2D eigenvalue weighted by Gasteiger charge is -2.32. The van der Waals surface area contributed by atoms with Crippen molar-refractivity contribution in [1.29, 1.82) is 0 Å². The topological polar surface area (TPSA) is 77.9 Å². The fourth-order valence-corrected chi connectivity index (χ4v) is 5.13. The van der Waals surface area contributed by atoms with Gasteiger partial charge in [-0.1, -0.05) is 31.1 Å². The van der Waals surface area contributed by atoms with Gasteiger partial charge in [-0.25, -0.2) is 4.79 Å². The largest absolute Gasteiger partial charge is 0.477 e. The fourth-order valence-electron chi connectivity index (χ4n) is 4.29. The van der Waals surface area contributed by atoms with E-state index in [1.165, 1.54) is 4.90 Å². The summed E-state index contributed by atoms with van der Waals surface area (Å²) in [4.78, 5) is 42.7. The van der Waals surface area contributed by atoms with Gasteiger partial charge in [0, 0.05) is 24.4 Å². The van der Waals surface area contributed by atoms with Gasteiger partial charge in [-0.3, -0.25) is 14.5 Å². The van der Waals surface area contributed by atoms with Crippen molar-refractivity contribution in [2.24, 2.45) is 11.3 Å². The van der Waals surface area contributed by atoms with Crippen molar-refractivity contribution in [3.8, 4) is 11.8 Å². The predicted molar refractivity (Wildman–Crippen MR) is 122 cm³/mol. The molecule has 0 aromatic carbocycles. The van der Waals surface area contributed by atoms with Crippen LogP contribution in [0.1, 0.15) is 80.8 Å². The molecule has 168 valence electrons. The van der Waals surface area contributed by atoms with Crippen LogP contribution in [0.3, 0.4) is 0 Å². The molecular weight excluding hydrogens is 412 g/mol. The molecule has 6 nitrogen and oxygen atoms in total. The average molecular weight is 445 g/mol. The third kappa shape index (κ3) is 5.30. The van der Waals surface area contributed by atoms with Gasteiger partial charge in [-0.15, -0.1) is 11.3 Å². The van der Waals surface area contributed by atoms with E-state index in [4.69, 9.17) is 0 Å². The highest BCUT2D eigenvalue weighted by atomic mass is 32.1. The third-order valence-corrected chi connectivity index (χ3v) is 6.91. The van der Waals surface area contributed by atoms with Crippen molar-refractivity contribution in [2.45, 2.75) is 72.3 Å². The Balaban J connectivity index is 2.06. The van der Waals surface area contributed by atoms with Gasteiger partial charge in [0.1, 0.15) is 10.9 Å². The normalized spacial score (nSPS) is 19.8. The Morgan fingerprint density at radius 3 is 2.45 bits per heavy atom. The highest BCUT2D eigenvalue weighted by molar-refractivity contribution is 7.15. The van der Waals surface area contributed by atoms with E-state index in [1.54, 1.807) is 11.0 Å². The number of nitrogens with zero attached hydrogens (tertiary/aromatic N) is 2. The summed E-state index contributed by atoms with van der Waals surface area (Å²) >= 11 is 1.08. The molecule has 0 bridgehead atoms. The van der Waals surface area contributed by atoms with Crippen LogP contribution in [-0.2, 0) is 9.59 Å². The van der Waals surface area contributed by atoms with Crippen molar-refractivity contribution >= 4 is 34.8 Å². The molecule has 2 fully saturated rings. The van der Waals surface area contributed by atoms with E-state index >= 15 is 0 Å². The molecule has 2 amide bonds. The molecular formula is C24H32N2O4S. The van der Waals surface area contributed by atoms with Gasteiger partial charge < -0.3 is 10.0 Å². The number of hydrogen-bond acceptors (Lipinski definition) is 4. The van der Waals surface area contributed by atoms with E-state index in [0.717, 1.165) is 43.4 Å². The summed E-state index contributed by atoms with van der Waals surface area (Å²) in [6.45, 7) is 9.05. The van der Waals surface area contributed by atoms with Crippen LogP contribution in [0, 0.1) is 23.2 Å². The van der Waals surface area contributed by atoms with Gasteiger partial charge >= 0.3 is 5.97 Å². The van der Waals surface area contributed by atoms with Crippen molar-refractivity contribution < 1.29 is 19.5 Å². The molecule has 0 radical (unpaired) electrons. The molecule has 1 N–H and O–H groups in total. The number of carbonyl (C=O) groups is 3. The Bertz CT molecular complexity index is 912. The Hall–Kier alpha value is -2.33. The van der Waals surface area contributed by atoms with E-state index in [0.29, 0.717) is 30.1 Å². The van der Waals surface area contributed by atoms with E-state index in [-0.39, 0.29) is 28.0 Å². The molecule has 1 aliphatic heterocycles. The fraction of sp³-hybridized carbons (Fsp3) is 0.625. The second kappa shape index (κ2) is 9.44. The van der Waals surface area contributed by atoms with Crippen LogP contribution in [0.25, 0.3) is 0 Å². The first kappa shape index (κ1) is 23.3. The molecule has 1 aromatic rings. The minimum atomic E-state index is -1.09. The molecule has 1 saturated heterocycles. The van der Waals surface area contributed by atoms with Gasteiger partial charge in [-0.05, 0) is 53.0 Å². The van der Waals surface area contributed by atoms with Crippen molar-refractivity contribution in [2.75, 3.05) is 18.0 Å². The number of likely N-dealkylation sites (N-methyl/N-ethyl adjacent to an activating group) is 1. The molecule has 1 aromatic heterocycles. The number of thiophene rings is 1. The molecule has 0 spiro atoms. The minimum Gasteiger partial charge on any atom is -0.477 e. The quantitative estimate of drug-likeness (QED) is 0.684. The summed E-state index contributed by atoms with van der Waals surface area (Å²) in [6.07, 6.45) is 5.18. The maximum absolute atomic E-state index is 13.7. The smallest absolute Gasteiger partial charge is 0.348 e. The van der Waals surface area contributed by atoms with E-state index < -0.39 is 12.0 Å². The maximum Gasteiger partial charge on any atom is 0.348 e. The van der Waals surface area contributed by atoms with Crippen molar-refractivity contribution in [1.82, 2.24) is 4.90 Å². The van der Waals surface area contributed by atoms with Crippen molar-refractivity contribution in [3.63, 3.8) is 0 Å². The molecule has 2 heterocycles. The van der Waals surface area contributed by atoms with Crippen LogP contribution in [0.5, 0.6) is 0 Å². The number of aromatic carboxylic acids is 1. The van der Waals surface area contributed by atoms with Crippen LogP contribution < -0.4 is 4.90 Å². The second-order valence-electron chi connectivity index (χ2n) is 9.40. The number of rotatable bonds is 5. The highest BCUT2D eigenvalue weighted by Gasteiger charge is 2.42. The molecule has 2 aliphatic rings. The SMILES string of the molecule is CCN1CC[C@H](N(C(=O)C2CCCCC2)c2cc(C#CC(C)(C)C)sc2C(=O)O)C1=O. The van der Waals surface area contributed by atoms with Crippen LogP contribution >= 0.6 is 11.3 Å². The summed E-state index contributed by atoms with van der Waals surface area (Å²) < 4.78 is 0. The van der Waals surface area contributed by atoms with Gasteiger partial charge in [0.2, 0.25) is 11.8 Å². The molecule has 1 saturated carbocycles. The zero-order valence-electron chi connectivity index (χ0n) is 18.9. The zero-order chi connectivity index (χ0) is 22.8. The Morgan fingerprint density at radius 2 is 1.90 bits per heavy atom. The molecule has 31 heavy (non-hydrogen) atoms. The molecule has 1 aliphatic carbocycles. The summed E-state index contributed by atoms with van der Waals surface area (Å²) in [5.41, 5.74) is 0.0939. The highest BCUT2D eigenvalue weighted by Crippen LogP contribution is 2.37. The van der Waals surface area contributed by atoms with E-state index in [2.05, 4.69) is 11.8 Å². The molecule has 7 heteroatoms. The average Bonchev–Trinajstić information content (AvgIpc) is 3.31. The number of carboxylic acids is 1. The lowest BCUT2D eigenvalue weighted by Crippen LogP contribution is -2.48. The minimum absolute atomic E-state index is 0.0742. The lowest BCUT2D eigenvalue weighted by molar-refractivity contribution is -0.132. The first-order valence-corrected chi connectivity index (χ1v) is 12.0. The van der Waals surface area contributed by atoms with Gasteiger partial charge in [-0.2, -0.15) is 0 Å². The first-order chi connectivity index (χ1) is 14.6. The molecule has 1 atom stereocenters. The number of hydrogen-bond donors (Lipinski definition) is 1. The Morgan fingerprint density at radius 1 is 1.23 bits per heavy atom. The zero-order valence-corrected chi connectivity index (χ0v) is 19.7. The van der Waals surface area contributed by atoms with E-state index in [9.17, 15) is 19.5 Å². The van der Waals surface area contributed by atoms with Crippen LogP contribution in [0.15, 0.2) is 6.07 Å². The molecule has 0 unspecified atom stereocenters. The van der Waals surface area contributed by atoms with Crippen LogP contribution in [0.2, 0.25) is 0 Å². The maximum atomic E-state index is 13.7. The predicted octanol–water partition coefficient (Wildman–Crippen LogP) is 4.38. The Labute approximate surface area is 188 Å². The van der Waals surface area contributed by atoms with Gasteiger partial charge in [0.05, 0.1) is 10.6 Å². The van der Waals surface area contributed by atoms with Crippen molar-refractivity contribution in [3.05, 3.63) is 15.8 Å². The molecule has 3 rings (SSSR count). The van der Waals surface area contributed by atoms with E-state index in [1.807, 2.05) is 27.7 Å². The summed E-state index contributed by atoms with van der Waals surface area (Å²) in [5.74, 6) is 4.72.